The lowest BCUT2D eigenvalue weighted by atomic mass is 9.97. The van der Waals surface area contributed by atoms with Crippen LogP contribution in [0.15, 0.2) is 0 Å². The molecule has 1 N–H and O–H groups in total. The predicted octanol–water partition coefficient (Wildman–Crippen LogP) is 0.144. The van der Waals surface area contributed by atoms with Gasteiger partial charge in [0.05, 0.1) is 0 Å². The standard InChI is InChI=1S/C8H13NO2/c10-6-8(11)7-2-1-4-9-5-3-7/h6-7,9H,1-5H2/t7-/m1/s1. The number of Topliss-reactive ketones (excluding diaryl/α,β-unsaturated/α-hetero) is 1. The second kappa shape index (κ2) is 4.23. The molecule has 0 aliphatic carbocycles. The molecule has 0 amide bonds. The van der Waals surface area contributed by atoms with Gasteiger partial charge in [-0.2, -0.15) is 0 Å². The normalized spacial score (nSPS) is 25.6. The average molecular weight is 155 g/mol. The highest BCUT2D eigenvalue weighted by molar-refractivity contribution is 6.25. The summed E-state index contributed by atoms with van der Waals surface area (Å²) >= 11 is 0. The smallest absolute Gasteiger partial charge is 0.198 e. The Balaban J connectivity index is 2.42. The quantitative estimate of drug-likeness (QED) is 0.456. The van der Waals surface area contributed by atoms with Crippen molar-refractivity contribution in [2.45, 2.75) is 19.3 Å². The fraction of sp³-hybridized carbons (Fsp3) is 0.750. The first-order chi connectivity index (χ1) is 5.34. The largest absolute Gasteiger partial charge is 0.317 e. The van der Waals surface area contributed by atoms with Crippen LogP contribution in [0, 0.1) is 5.92 Å². The summed E-state index contributed by atoms with van der Waals surface area (Å²) < 4.78 is 0. The second-order valence-corrected chi connectivity index (χ2v) is 2.90. The number of aldehydes is 1. The number of hydrogen-bond donors (Lipinski definition) is 1. The molecular weight excluding hydrogens is 142 g/mol. The number of hydrogen-bond acceptors (Lipinski definition) is 3. The molecule has 3 nitrogen and oxygen atoms in total. The van der Waals surface area contributed by atoms with Crippen molar-refractivity contribution >= 4 is 12.1 Å². The Morgan fingerprint density at radius 3 is 2.91 bits per heavy atom. The maximum atomic E-state index is 10.9. The summed E-state index contributed by atoms with van der Waals surface area (Å²) in [4.78, 5) is 21.1. The molecule has 1 aliphatic heterocycles. The fourth-order valence-electron chi connectivity index (χ4n) is 1.40. The highest BCUT2D eigenvalue weighted by atomic mass is 16.2. The molecule has 1 rings (SSSR count). The van der Waals surface area contributed by atoms with Gasteiger partial charge in [0, 0.05) is 5.92 Å². The highest BCUT2D eigenvalue weighted by Crippen LogP contribution is 2.13. The topological polar surface area (TPSA) is 46.2 Å². The minimum atomic E-state index is -0.228. The first kappa shape index (κ1) is 8.40. The monoisotopic (exact) mass is 155 g/mol. The predicted molar refractivity (Wildman–Crippen MR) is 41.3 cm³/mol. The zero-order valence-electron chi connectivity index (χ0n) is 6.51. The summed E-state index contributed by atoms with van der Waals surface area (Å²) in [6, 6.07) is 0. The molecule has 1 saturated heterocycles. The van der Waals surface area contributed by atoms with E-state index in [-0.39, 0.29) is 11.7 Å². The van der Waals surface area contributed by atoms with Crippen LogP contribution in [0.4, 0.5) is 0 Å². The first-order valence-electron chi connectivity index (χ1n) is 4.04. The van der Waals surface area contributed by atoms with Crippen LogP contribution in [0.2, 0.25) is 0 Å². The minimum Gasteiger partial charge on any atom is -0.317 e. The van der Waals surface area contributed by atoms with E-state index in [2.05, 4.69) is 5.32 Å². The van der Waals surface area contributed by atoms with Crippen molar-refractivity contribution < 1.29 is 9.59 Å². The van der Waals surface area contributed by atoms with E-state index < -0.39 is 0 Å². The Bertz CT molecular complexity index is 148. The number of rotatable bonds is 2. The molecule has 0 saturated carbocycles. The van der Waals surface area contributed by atoms with Crippen molar-refractivity contribution in [1.82, 2.24) is 5.32 Å². The average Bonchev–Trinajstić information content (AvgIpc) is 2.30. The van der Waals surface area contributed by atoms with Gasteiger partial charge in [0.1, 0.15) is 0 Å². The van der Waals surface area contributed by atoms with Crippen molar-refractivity contribution in [1.29, 1.82) is 0 Å². The molecule has 62 valence electrons. The van der Waals surface area contributed by atoms with Gasteiger partial charge in [0.2, 0.25) is 0 Å². The summed E-state index contributed by atoms with van der Waals surface area (Å²) in [6.07, 6.45) is 3.14. The molecule has 0 unspecified atom stereocenters. The zero-order valence-corrected chi connectivity index (χ0v) is 6.51. The Morgan fingerprint density at radius 1 is 1.36 bits per heavy atom. The van der Waals surface area contributed by atoms with Crippen molar-refractivity contribution in [2.75, 3.05) is 13.1 Å². The van der Waals surface area contributed by atoms with E-state index in [1.165, 1.54) is 0 Å². The van der Waals surface area contributed by atoms with Gasteiger partial charge in [-0.05, 0) is 32.4 Å². The second-order valence-electron chi connectivity index (χ2n) is 2.90. The summed E-state index contributed by atoms with van der Waals surface area (Å²) in [5.74, 6) is -0.240. The van der Waals surface area contributed by atoms with Crippen LogP contribution in [-0.2, 0) is 9.59 Å². The molecule has 0 aromatic heterocycles. The van der Waals surface area contributed by atoms with Crippen molar-refractivity contribution in [3.63, 3.8) is 0 Å². The van der Waals surface area contributed by atoms with E-state index in [9.17, 15) is 9.59 Å². The van der Waals surface area contributed by atoms with Crippen LogP contribution < -0.4 is 5.32 Å². The first-order valence-corrected chi connectivity index (χ1v) is 4.04. The van der Waals surface area contributed by atoms with Gasteiger partial charge in [-0.3, -0.25) is 9.59 Å². The van der Waals surface area contributed by atoms with Gasteiger partial charge in [0.25, 0.3) is 0 Å². The molecule has 11 heavy (non-hydrogen) atoms. The van der Waals surface area contributed by atoms with E-state index in [4.69, 9.17) is 0 Å². The van der Waals surface area contributed by atoms with E-state index >= 15 is 0 Å². The lowest BCUT2D eigenvalue weighted by Crippen LogP contribution is -2.18. The molecular formula is C8H13NO2. The summed E-state index contributed by atoms with van der Waals surface area (Å²) in [5.41, 5.74) is 0. The van der Waals surface area contributed by atoms with E-state index in [0.717, 1.165) is 32.4 Å². The van der Waals surface area contributed by atoms with Crippen LogP contribution >= 0.6 is 0 Å². The Morgan fingerprint density at radius 2 is 2.18 bits per heavy atom. The Kier molecular flexibility index (Phi) is 3.23. The molecule has 0 radical (unpaired) electrons. The molecule has 0 bridgehead atoms. The van der Waals surface area contributed by atoms with Crippen molar-refractivity contribution in [2.24, 2.45) is 5.92 Å². The van der Waals surface area contributed by atoms with Gasteiger partial charge in [-0.15, -0.1) is 0 Å². The lowest BCUT2D eigenvalue weighted by molar-refractivity contribution is -0.132. The van der Waals surface area contributed by atoms with E-state index in [0.29, 0.717) is 6.29 Å². The van der Waals surface area contributed by atoms with Gasteiger partial charge in [0.15, 0.2) is 12.1 Å². The van der Waals surface area contributed by atoms with Crippen LogP contribution in [0.25, 0.3) is 0 Å². The van der Waals surface area contributed by atoms with Gasteiger partial charge < -0.3 is 5.32 Å². The molecule has 1 heterocycles. The zero-order chi connectivity index (χ0) is 8.10. The van der Waals surface area contributed by atoms with E-state index in [1.54, 1.807) is 0 Å². The maximum absolute atomic E-state index is 10.9. The van der Waals surface area contributed by atoms with Gasteiger partial charge in [-0.1, -0.05) is 0 Å². The van der Waals surface area contributed by atoms with Crippen LogP contribution in [0.5, 0.6) is 0 Å². The third-order valence-corrected chi connectivity index (χ3v) is 2.09. The number of nitrogens with one attached hydrogen (secondary N) is 1. The molecule has 1 aliphatic rings. The summed E-state index contributed by atoms with van der Waals surface area (Å²) in [7, 11) is 0. The van der Waals surface area contributed by atoms with Gasteiger partial charge >= 0.3 is 0 Å². The third kappa shape index (κ3) is 2.42. The molecule has 1 atom stereocenters. The molecule has 0 aromatic rings. The number of ketones is 1. The Labute approximate surface area is 66.2 Å². The third-order valence-electron chi connectivity index (χ3n) is 2.09. The van der Waals surface area contributed by atoms with E-state index in [1.807, 2.05) is 0 Å². The van der Waals surface area contributed by atoms with Crippen LogP contribution in [0.1, 0.15) is 19.3 Å². The fourth-order valence-corrected chi connectivity index (χ4v) is 1.40. The van der Waals surface area contributed by atoms with Crippen molar-refractivity contribution in [3.05, 3.63) is 0 Å². The molecule has 3 heteroatoms. The number of carbonyl (C=O) groups is 2. The number of carbonyl (C=O) groups excluding carboxylic acids is 2. The molecule has 1 fully saturated rings. The van der Waals surface area contributed by atoms with Crippen LogP contribution in [0.3, 0.4) is 0 Å². The lowest BCUT2D eigenvalue weighted by Gasteiger charge is -2.06. The van der Waals surface area contributed by atoms with Crippen LogP contribution in [-0.4, -0.2) is 25.2 Å². The van der Waals surface area contributed by atoms with Crippen molar-refractivity contribution in [3.8, 4) is 0 Å². The summed E-state index contributed by atoms with van der Waals surface area (Å²) in [6.45, 7) is 1.84. The Hall–Kier alpha value is -0.700. The SMILES string of the molecule is O=CC(=O)[C@@H]1CCCNCC1. The summed E-state index contributed by atoms with van der Waals surface area (Å²) in [5, 5.41) is 3.19. The molecule has 0 spiro atoms. The maximum Gasteiger partial charge on any atom is 0.198 e. The minimum absolute atomic E-state index is 0.0116. The molecule has 0 aromatic carbocycles. The highest BCUT2D eigenvalue weighted by Gasteiger charge is 2.18. The van der Waals surface area contributed by atoms with Gasteiger partial charge in [-0.25, -0.2) is 0 Å².